The molecule has 0 aromatic carbocycles. The van der Waals surface area contributed by atoms with Gasteiger partial charge >= 0.3 is 5.97 Å². The summed E-state index contributed by atoms with van der Waals surface area (Å²) in [5.74, 6) is -3.71. The fourth-order valence-corrected chi connectivity index (χ4v) is 2.54. The van der Waals surface area contributed by atoms with Crippen LogP contribution in [0, 0.1) is 0 Å². The second-order valence-electron chi connectivity index (χ2n) is 6.14. The monoisotopic (exact) mass is 455 g/mol. The number of aliphatic hydroxyl groups is 1. The van der Waals surface area contributed by atoms with Crippen molar-refractivity contribution in [3.05, 3.63) is 76.2 Å². The lowest BCUT2D eigenvalue weighted by Crippen LogP contribution is -2.17. The predicted octanol–water partition coefficient (Wildman–Crippen LogP) is 3.23. The van der Waals surface area contributed by atoms with Crippen LogP contribution in [0.3, 0.4) is 0 Å². The molecule has 1 aromatic heterocycles. The number of carboxylic acids is 1. The van der Waals surface area contributed by atoms with Gasteiger partial charge in [-0.2, -0.15) is 4.98 Å². The van der Waals surface area contributed by atoms with Crippen molar-refractivity contribution in [2.75, 3.05) is 25.6 Å². The molecule has 0 amide bonds. The first-order chi connectivity index (χ1) is 15.2. The minimum absolute atomic E-state index is 0.0156. The van der Waals surface area contributed by atoms with E-state index in [1.54, 1.807) is 6.92 Å². The molecule has 1 rings (SSSR count). The zero-order valence-corrected chi connectivity index (χ0v) is 17.6. The third kappa shape index (κ3) is 7.27. The number of carbonyl (C=O) groups is 1. The summed E-state index contributed by atoms with van der Waals surface area (Å²) < 4.78 is 46.4. The highest BCUT2D eigenvalue weighted by molar-refractivity contribution is 5.86. The van der Waals surface area contributed by atoms with Crippen LogP contribution in [0.1, 0.15) is 23.1 Å². The number of methoxy groups -OCH3 is 1. The van der Waals surface area contributed by atoms with Gasteiger partial charge < -0.3 is 24.8 Å². The molecule has 0 radical (unpaired) electrons. The van der Waals surface area contributed by atoms with Crippen molar-refractivity contribution in [1.29, 1.82) is 0 Å². The highest BCUT2D eigenvalue weighted by atomic mass is 19.1. The predicted molar refractivity (Wildman–Crippen MR) is 113 cm³/mol. The quantitative estimate of drug-likeness (QED) is 0.464. The molecule has 1 aromatic rings. The van der Waals surface area contributed by atoms with Crippen molar-refractivity contribution < 1.29 is 32.9 Å². The molecule has 11 heteroatoms. The summed E-state index contributed by atoms with van der Waals surface area (Å²) in [7, 11) is 1.27. The van der Waals surface area contributed by atoms with Gasteiger partial charge in [-0.05, 0) is 12.1 Å². The number of ether oxygens (including phenoxy) is 1. The summed E-state index contributed by atoms with van der Waals surface area (Å²) in [5.41, 5.74) is -2.08. The summed E-state index contributed by atoms with van der Waals surface area (Å²) >= 11 is 0. The summed E-state index contributed by atoms with van der Waals surface area (Å²) in [6.07, 6.45) is 1.62. The van der Waals surface area contributed by atoms with E-state index in [1.165, 1.54) is 11.7 Å². The van der Waals surface area contributed by atoms with E-state index in [-0.39, 0.29) is 43.3 Å². The number of anilines is 1. The van der Waals surface area contributed by atoms with Gasteiger partial charge in [-0.3, -0.25) is 4.79 Å². The molecule has 0 saturated heterocycles. The van der Waals surface area contributed by atoms with Gasteiger partial charge in [0.25, 0.3) is 0 Å². The van der Waals surface area contributed by atoms with Crippen molar-refractivity contribution in [2.24, 2.45) is 0 Å². The van der Waals surface area contributed by atoms with Crippen LogP contribution in [0.15, 0.2) is 59.3 Å². The van der Waals surface area contributed by atoms with Crippen LogP contribution < -0.4 is 15.5 Å². The molecular weight excluding hydrogens is 431 g/mol. The van der Waals surface area contributed by atoms with Crippen LogP contribution in [0.25, 0.3) is 0 Å². The molecule has 0 aliphatic rings. The molecule has 8 nitrogen and oxygen atoms in total. The number of hydrogen-bond donors (Lipinski definition) is 3. The number of hydrogen-bond acceptors (Lipinski definition) is 6. The number of aromatic nitrogens is 2. The van der Waals surface area contributed by atoms with Crippen LogP contribution in [-0.2, 0) is 13.0 Å². The van der Waals surface area contributed by atoms with E-state index in [0.717, 1.165) is 18.3 Å². The minimum Gasteiger partial charge on any atom is -0.479 e. The Hall–Kier alpha value is -3.60. The summed E-state index contributed by atoms with van der Waals surface area (Å²) in [4.78, 5) is 28.3. The second-order valence-corrected chi connectivity index (χ2v) is 6.14. The molecule has 0 unspecified atom stereocenters. The highest BCUT2D eigenvalue weighted by Crippen LogP contribution is 2.23. The third-order valence-electron chi connectivity index (χ3n) is 4.11. The lowest BCUT2D eigenvalue weighted by Gasteiger charge is -2.13. The number of aromatic carboxylic acids is 1. The van der Waals surface area contributed by atoms with Crippen LogP contribution in [-0.4, -0.2) is 46.0 Å². The van der Waals surface area contributed by atoms with E-state index in [2.05, 4.69) is 16.9 Å². The van der Waals surface area contributed by atoms with E-state index in [4.69, 9.17) is 4.74 Å². The molecule has 0 aliphatic heterocycles. The van der Waals surface area contributed by atoms with E-state index < -0.39 is 40.7 Å². The number of aliphatic hydroxyl groups excluding tert-OH is 1. The van der Waals surface area contributed by atoms with Gasteiger partial charge in [0.15, 0.2) is 5.43 Å². The fraction of sp³-hybridized carbons (Fsp3) is 0.286. The number of carboxylic acid groups (broad SMARTS) is 1. The lowest BCUT2D eigenvalue weighted by atomic mass is 10.2. The normalized spacial score (nSPS) is 11.6. The Bertz CT molecular complexity index is 1030. The maximum Gasteiger partial charge on any atom is 0.341 e. The summed E-state index contributed by atoms with van der Waals surface area (Å²) in [6.45, 7) is 3.77. The largest absolute Gasteiger partial charge is 0.479 e. The molecule has 0 saturated carbocycles. The molecule has 32 heavy (non-hydrogen) atoms. The average Bonchev–Trinajstić information content (AvgIpc) is 2.74. The molecule has 174 valence electrons. The van der Waals surface area contributed by atoms with Crippen LogP contribution in [0.2, 0.25) is 0 Å². The van der Waals surface area contributed by atoms with Gasteiger partial charge in [-0.15, -0.1) is 0 Å². The molecular formula is C21H24F3N3O5. The van der Waals surface area contributed by atoms with Gasteiger partial charge in [0, 0.05) is 37.4 Å². The number of nitrogens with one attached hydrogen (secondary N) is 1. The molecule has 0 bridgehead atoms. The minimum atomic E-state index is -1.50. The number of nitrogens with zero attached hydrogens (tertiary/aromatic N) is 2. The molecule has 1 heterocycles. The van der Waals surface area contributed by atoms with E-state index >= 15 is 0 Å². The Kier molecular flexibility index (Phi) is 10.7. The molecule has 0 atom stereocenters. The topological polar surface area (TPSA) is 114 Å². The van der Waals surface area contributed by atoms with Gasteiger partial charge in [-0.25, -0.2) is 18.0 Å². The summed E-state index contributed by atoms with van der Waals surface area (Å²) in [5, 5.41) is 21.4. The Morgan fingerprint density at radius 1 is 1.38 bits per heavy atom. The molecule has 0 fully saturated rings. The van der Waals surface area contributed by atoms with Crippen molar-refractivity contribution in [3.8, 4) is 5.88 Å². The van der Waals surface area contributed by atoms with Crippen molar-refractivity contribution >= 4 is 11.7 Å². The van der Waals surface area contributed by atoms with Crippen molar-refractivity contribution in [1.82, 2.24) is 9.55 Å². The Morgan fingerprint density at radius 3 is 2.56 bits per heavy atom. The summed E-state index contributed by atoms with van der Waals surface area (Å²) in [6, 6.07) is 2.05. The van der Waals surface area contributed by atoms with Crippen LogP contribution in [0.4, 0.5) is 18.9 Å². The van der Waals surface area contributed by atoms with E-state index in [1.807, 2.05) is 0 Å². The van der Waals surface area contributed by atoms with Gasteiger partial charge in [0.05, 0.1) is 25.7 Å². The van der Waals surface area contributed by atoms with Crippen LogP contribution >= 0.6 is 0 Å². The van der Waals surface area contributed by atoms with E-state index in [0.29, 0.717) is 6.08 Å². The molecule has 3 N–H and O–H groups in total. The third-order valence-corrected chi connectivity index (χ3v) is 4.11. The zero-order valence-electron chi connectivity index (χ0n) is 17.6. The second kappa shape index (κ2) is 13.0. The Morgan fingerprint density at radius 2 is 2.06 bits per heavy atom. The smallest absolute Gasteiger partial charge is 0.341 e. The first-order valence-electron chi connectivity index (χ1n) is 9.34. The van der Waals surface area contributed by atoms with Gasteiger partial charge in [-0.1, -0.05) is 13.5 Å². The first-order valence-corrected chi connectivity index (χ1v) is 9.34. The van der Waals surface area contributed by atoms with Crippen LogP contribution in [0.5, 0.6) is 5.88 Å². The number of rotatable bonds is 10. The zero-order chi connectivity index (χ0) is 24.3. The Balaban J connectivity index is 3.84. The maximum absolute atomic E-state index is 13.9. The van der Waals surface area contributed by atoms with Crippen molar-refractivity contribution in [3.63, 3.8) is 0 Å². The van der Waals surface area contributed by atoms with Gasteiger partial charge in [0.2, 0.25) is 5.88 Å². The standard InChI is InChI=1S/C21H24F3N3O5/c1-4-19-26-20(32-3)17(25-11-14(13(2)23)16(24)7-8-22)5-6-18(29)15(21(30)31)12-27(19)9-10-28/h5-8,12,25,28H,2,4,9-11H2,1,3H3,(H,30,31)/b6-5?,8-7+,15-12?,16-14+,20-17?,26-19?. The Labute approximate surface area is 182 Å². The molecule has 0 spiro atoms. The number of allylic oxidation sites excluding steroid dienone is 2. The highest BCUT2D eigenvalue weighted by Gasteiger charge is 2.13. The maximum atomic E-state index is 13.9. The molecule has 0 aliphatic carbocycles. The lowest BCUT2D eigenvalue weighted by molar-refractivity contribution is 0.0694. The fourth-order valence-electron chi connectivity index (χ4n) is 2.54. The first kappa shape index (κ1) is 26.4. The van der Waals surface area contributed by atoms with E-state index in [9.17, 15) is 33.0 Å². The SMILES string of the molecule is C=C(F)/C(CNc1ccc(=O)c(C(=O)O)cn(CCO)c(CC)nc1OC)=C(F)\C=C\F. The number of halogens is 3. The van der Waals surface area contributed by atoms with Crippen molar-refractivity contribution in [2.45, 2.75) is 19.9 Å². The average molecular weight is 455 g/mol. The van der Waals surface area contributed by atoms with Gasteiger partial charge in [0.1, 0.15) is 23.0 Å². The number of aryl methyl sites for hydroxylation is 1.